The fraction of sp³-hybridized carbons (Fsp3) is 0.306. The third-order valence-electron chi connectivity index (χ3n) is 15.4. The van der Waals surface area contributed by atoms with Crippen molar-refractivity contribution in [2.24, 2.45) is 28.2 Å². The quantitative estimate of drug-likeness (QED) is 0.153. The second kappa shape index (κ2) is 23.7. The first-order chi connectivity index (χ1) is 40.5. The van der Waals surface area contributed by atoms with Crippen LogP contribution in [0.3, 0.4) is 0 Å². The summed E-state index contributed by atoms with van der Waals surface area (Å²) in [5.74, 6) is 0. The lowest BCUT2D eigenvalue weighted by Gasteiger charge is -2.15. The lowest BCUT2D eigenvalue weighted by atomic mass is 9.91. The number of aryl methyl sites for hydroxylation is 18. The Kier molecular flexibility index (Phi) is 13.1. The Morgan fingerprint density at radius 3 is 1.29 bits per heavy atom. The molecule has 12 rings (SSSR count). The summed E-state index contributed by atoms with van der Waals surface area (Å²) >= 11 is 0. The van der Waals surface area contributed by atoms with Gasteiger partial charge in [0.05, 0.1) is 0 Å². The summed E-state index contributed by atoms with van der Waals surface area (Å²) in [7, 11) is 8.14. The van der Waals surface area contributed by atoms with Crippen molar-refractivity contribution in [1.29, 1.82) is 0 Å². The van der Waals surface area contributed by atoms with Crippen molar-refractivity contribution in [1.82, 2.24) is 0 Å². The molecular formula is C72H82N4+4. The fourth-order valence-electron chi connectivity index (χ4n) is 11.3. The molecule has 0 unspecified atom stereocenters. The van der Waals surface area contributed by atoms with E-state index in [2.05, 4.69) is 172 Å². The van der Waals surface area contributed by atoms with Gasteiger partial charge in [-0.1, -0.05) is 102 Å². The minimum Gasteiger partial charge on any atom is -0.201 e. The van der Waals surface area contributed by atoms with Gasteiger partial charge in [0, 0.05) is 82.5 Å². The van der Waals surface area contributed by atoms with E-state index in [-0.39, 0.29) is 12.0 Å². The molecule has 4 heteroatoms. The Bertz CT molecular complexity index is 3990. The minimum atomic E-state index is -2.17. The predicted molar refractivity (Wildman–Crippen MR) is 316 cm³/mol. The van der Waals surface area contributed by atoms with E-state index in [0.717, 1.165) is 40.1 Å². The maximum absolute atomic E-state index is 8.17. The first kappa shape index (κ1) is 41.9. The molecule has 4 heterocycles. The van der Waals surface area contributed by atoms with E-state index in [4.69, 9.17) is 13.7 Å². The summed E-state index contributed by atoms with van der Waals surface area (Å²) in [4.78, 5) is 0. The molecule has 5 aromatic carbocycles. The highest BCUT2D eigenvalue weighted by Gasteiger charge is 2.23. The van der Waals surface area contributed by atoms with Crippen molar-refractivity contribution in [2.45, 2.75) is 119 Å². The number of nitrogens with zero attached hydrogens (tertiary/aromatic N) is 4. The third-order valence-corrected chi connectivity index (χ3v) is 15.4. The molecule has 0 aliphatic heterocycles. The van der Waals surface area contributed by atoms with Crippen LogP contribution in [0.25, 0.3) is 56.2 Å². The predicted octanol–water partition coefficient (Wildman–Crippen LogP) is 14.7. The zero-order valence-corrected chi connectivity index (χ0v) is 46.5. The Morgan fingerprint density at radius 1 is 0.329 bits per heavy atom. The SMILES string of the molecule is Cc1cc(-c2ccccc2C)[n+](C)cc1-c1ccccc1.Cc1ccc(-c2cc3c(c[n+]2C)CCCC3)c(C)c1.[2H]C([2H])([2H])c1ccc(-c2cc3c(c[n+]2C)C([2H])([2H])CC3([2H])[2H])c(C)c1.[2H]C([2H])([2H])c1ccc(-c2cc3c(c[n+]2C)CCC3)c(C)c1. The number of benzene rings is 5. The van der Waals surface area contributed by atoms with E-state index in [1.165, 1.54) is 106 Å². The van der Waals surface area contributed by atoms with Gasteiger partial charge in [-0.2, -0.15) is 0 Å². The van der Waals surface area contributed by atoms with Gasteiger partial charge in [-0.3, -0.25) is 0 Å². The van der Waals surface area contributed by atoms with Crippen LogP contribution in [0.4, 0.5) is 0 Å². The first-order valence-electron chi connectivity index (χ1n) is 32.0. The molecule has 0 N–H and O–H groups in total. The second-order valence-electron chi connectivity index (χ2n) is 21.3. The Morgan fingerprint density at radius 2 is 0.737 bits per heavy atom. The lowest BCUT2D eigenvalue weighted by molar-refractivity contribution is -0.661. The molecule has 4 aromatic heterocycles. The number of hydrogen-bond donors (Lipinski definition) is 0. The second-order valence-corrected chi connectivity index (χ2v) is 21.3. The van der Waals surface area contributed by atoms with Gasteiger partial charge in [0.1, 0.15) is 28.2 Å². The number of fused-ring (bicyclic) bond motifs is 3. The topological polar surface area (TPSA) is 15.5 Å². The first-order valence-corrected chi connectivity index (χ1v) is 27.0. The van der Waals surface area contributed by atoms with Crippen molar-refractivity contribution >= 4 is 0 Å². The highest BCUT2D eigenvalue weighted by molar-refractivity contribution is 5.70. The molecule has 9 aromatic rings. The molecule has 0 saturated carbocycles. The number of rotatable bonds is 5. The standard InChI is InChI=1S/C20H20N.C18H22N.2C17H20N/c1-15-9-7-8-12-18(15)20-13-16(2)19(14-21(20)3)17-10-5-4-6-11-17;1-13-8-9-17(14(2)10-13)18-11-15-6-4-5-7-16(15)12-19(18)3;2*1-12-7-8-16(13(2)9-12)17-10-14-5-4-6-15(14)11-18(17)3/h4-14H,1-3H3;8-12H,4-7H2,1-3H3;2*7-11H,4-6H2,1-3H3/q4*+1/i;;1D3,5D2,6D2;1D3. The van der Waals surface area contributed by atoms with Gasteiger partial charge in [0.15, 0.2) is 24.8 Å². The van der Waals surface area contributed by atoms with Crippen LogP contribution in [0.1, 0.15) is 117 Å². The van der Waals surface area contributed by atoms with Gasteiger partial charge in [-0.25, -0.2) is 18.3 Å². The maximum Gasteiger partial charge on any atom is 0.212 e. The van der Waals surface area contributed by atoms with E-state index in [1.54, 1.807) is 65.3 Å². The van der Waals surface area contributed by atoms with Gasteiger partial charge < -0.3 is 0 Å². The smallest absolute Gasteiger partial charge is 0.201 e. The van der Waals surface area contributed by atoms with Gasteiger partial charge in [0.25, 0.3) is 0 Å². The molecule has 0 fully saturated rings. The van der Waals surface area contributed by atoms with Crippen LogP contribution >= 0.6 is 0 Å². The van der Waals surface area contributed by atoms with E-state index in [9.17, 15) is 0 Å². The number of pyridine rings is 4. The van der Waals surface area contributed by atoms with Gasteiger partial charge in [-0.05, 0) is 194 Å². The fourth-order valence-corrected chi connectivity index (χ4v) is 11.3. The molecule has 386 valence electrons. The zero-order valence-electron chi connectivity index (χ0n) is 56.5. The lowest BCUT2D eigenvalue weighted by Crippen LogP contribution is -2.32. The van der Waals surface area contributed by atoms with Crippen molar-refractivity contribution in [3.8, 4) is 56.2 Å². The van der Waals surface area contributed by atoms with Crippen LogP contribution < -0.4 is 18.3 Å². The Labute approximate surface area is 470 Å². The number of hydrogen-bond acceptors (Lipinski definition) is 0. The van der Waals surface area contributed by atoms with Crippen LogP contribution in [0.15, 0.2) is 158 Å². The molecule has 0 amide bonds. The van der Waals surface area contributed by atoms with Crippen molar-refractivity contribution in [3.63, 3.8) is 0 Å². The summed E-state index contributed by atoms with van der Waals surface area (Å²) in [6.07, 6.45) is 13.5. The van der Waals surface area contributed by atoms with E-state index >= 15 is 0 Å². The summed E-state index contributed by atoms with van der Waals surface area (Å²) in [6.45, 7) is 8.31. The van der Waals surface area contributed by atoms with Crippen LogP contribution in [-0.4, -0.2) is 0 Å². The summed E-state index contributed by atoms with van der Waals surface area (Å²) in [5, 5.41) is 0. The van der Waals surface area contributed by atoms with Crippen LogP contribution in [-0.2, 0) is 66.6 Å². The van der Waals surface area contributed by atoms with Crippen molar-refractivity contribution in [3.05, 3.63) is 236 Å². The van der Waals surface area contributed by atoms with Crippen LogP contribution in [0, 0.1) is 55.2 Å². The van der Waals surface area contributed by atoms with Gasteiger partial charge in [0.2, 0.25) is 22.8 Å². The molecule has 0 saturated heterocycles. The van der Waals surface area contributed by atoms with Gasteiger partial charge in [-0.15, -0.1) is 0 Å². The monoisotopic (exact) mass is 1010 g/mol. The molecule has 4 nitrogen and oxygen atoms in total. The summed E-state index contributed by atoms with van der Waals surface area (Å²) in [5.41, 5.74) is 26.1. The van der Waals surface area contributed by atoms with Crippen molar-refractivity contribution in [2.75, 3.05) is 0 Å². The van der Waals surface area contributed by atoms with E-state index < -0.39 is 26.4 Å². The average molecular weight is 1010 g/mol. The molecule has 3 aliphatic rings. The van der Waals surface area contributed by atoms with Crippen molar-refractivity contribution < 1.29 is 32.0 Å². The molecular weight excluding hydrogens is 921 g/mol. The summed E-state index contributed by atoms with van der Waals surface area (Å²) in [6, 6.07) is 44.9. The molecule has 0 radical (unpaired) electrons. The van der Waals surface area contributed by atoms with Crippen LogP contribution in [0.2, 0.25) is 0 Å². The van der Waals surface area contributed by atoms with Crippen LogP contribution in [0.5, 0.6) is 0 Å². The Balaban J connectivity index is 0.000000138. The van der Waals surface area contributed by atoms with E-state index in [0.29, 0.717) is 16.7 Å². The third kappa shape index (κ3) is 12.2. The maximum atomic E-state index is 8.17. The molecule has 0 atom stereocenters. The van der Waals surface area contributed by atoms with Gasteiger partial charge >= 0.3 is 0 Å². The highest BCUT2D eigenvalue weighted by atomic mass is 14.9. The average Bonchev–Trinajstić information content (AvgIpc) is 1.75. The molecule has 0 bridgehead atoms. The van der Waals surface area contributed by atoms with E-state index in [1.807, 2.05) is 19.9 Å². The zero-order chi connectivity index (χ0) is 62.2. The molecule has 0 spiro atoms. The highest BCUT2D eigenvalue weighted by Crippen LogP contribution is 2.31. The largest absolute Gasteiger partial charge is 0.212 e. The molecule has 76 heavy (non-hydrogen) atoms. The Hall–Kier alpha value is -7.30. The number of aromatic nitrogens is 4. The normalized spacial score (nSPS) is 16.6. The molecule has 3 aliphatic carbocycles. The summed E-state index contributed by atoms with van der Waals surface area (Å²) < 4.78 is 86.0. The minimum absolute atomic E-state index is 0.199.